The lowest BCUT2D eigenvalue weighted by atomic mass is 9.86. The van der Waals surface area contributed by atoms with Crippen molar-refractivity contribution in [2.45, 2.75) is 45.6 Å². The highest BCUT2D eigenvalue weighted by Crippen LogP contribution is 2.24. The minimum atomic E-state index is -0.646. The lowest BCUT2D eigenvalue weighted by Gasteiger charge is -2.29. The highest BCUT2D eigenvalue weighted by molar-refractivity contribution is 6.40. The van der Waals surface area contributed by atoms with Gasteiger partial charge in [-0.15, -0.1) is 0 Å². The predicted molar refractivity (Wildman–Crippen MR) is 84.4 cm³/mol. The lowest BCUT2D eigenvalue weighted by Crippen LogP contribution is -2.45. The second-order valence-electron chi connectivity index (χ2n) is 5.76. The van der Waals surface area contributed by atoms with Crippen LogP contribution in [-0.4, -0.2) is 17.9 Å². The molecule has 2 amide bonds. The summed E-state index contributed by atoms with van der Waals surface area (Å²) in [5.41, 5.74) is 1.46. The van der Waals surface area contributed by atoms with Crippen molar-refractivity contribution in [3.05, 3.63) is 28.8 Å². The van der Waals surface area contributed by atoms with E-state index in [1.54, 1.807) is 18.2 Å². The lowest BCUT2D eigenvalue weighted by molar-refractivity contribution is -0.137. The molecule has 1 aliphatic carbocycles. The molecule has 0 heterocycles. The summed E-state index contributed by atoms with van der Waals surface area (Å²) in [5.74, 6) is -0.803. The maximum absolute atomic E-state index is 12.0. The second kappa shape index (κ2) is 6.94. The van der Waals surface area contributed by atoms with Gasteiger partial charge >= 0.3 is 11.8 Å². The summed E-state index contributed by atoms with van der Waals surface area (Å²) < 4.78 is 0. The Kier molecular flexibility index (Phi) is 5.23. The number of benzene rings is 1. The maximum Gasteiger partial charge on any atom is 0.313 e. The van der Waals surface area contributed by atoms with Crippen molar-refractivity contribution in [2.24, 2.45) is 5.92 Å². The van der Waals surface area contributed by atoms with Crippen LogP contribution in [0, 0.1) is 12.8 Å². The molecule has 0 spiro atoms. The molecule has 0 saturated heterocycles. The Morgan fingerprint density at radius 3 is 2.57 bits per heavy atom. The molecule has 5 heteroatoms. The van der Waals surface area contributed by atoms with Gasteiger partial charge in [0.15, 0.2) is 0 Å². The van der Waals surface area contributed by atoms with Gasteiger partial charge in [0.2, 0.25) is 0 Å². The molecule has 4 nitrogen and oxygen atoms in total. The molecule has 2 rings (SSSR count). The zero-order valence-corrected chi connectivity index (χ0v) is 13.2. The molecule has 1 aliphatic rings. The van der Waals surface area contributed by atoms with E-state index in [9.17, 15) is 9.59 Å². The van der Waals surface area contributed by atoms with E-state index < -0.39 is 11.8 Å². The van der Waals surface area contributed by atoms with Crippen LogP contribution in [0.5, 0.6) is 0 Å². The summed E-state index contributed by atoms with van der Waals surface area (Å²) in [4.78, 5) is 23.9. The number of carbonyl (C=O) groups excluding carboxylic acids is 2. The van der Waals surface area contributed by atoms with Crippen LogP contribution < -0.4 is 10.6 Å². The molecule has 0 unspecified atom stereocenters. The van der Waals surface area contributed by atoms with E-state index in [4.69, 9.17) is 11.6 Å². The third kappa shape index (κ3) is 4.21. The minimum Gasteiger partial charge on any atom is -0.345 e. The highest BCUT2D eigenvalue weighted by Gasteiger charge is 2.25. The molecular weight excluding hydrogens is 288 g/mol. The smallest absolute Gasteiger partial charge is 0.313 e. The van der Waals surface area contributed by atoms with Gasteiger partial charge < -0.3 is 10.6 Å². The normalized spacial score (nSPS) is 21.7. The van der Waals surface area contributed by atoms with Gasteiger partial charge in [-0.2, -0.15) is 0 Å². The molecule has 1 aromatic rings. The standard InChI is InChI=1S/C16H21ClN2O2/c1-10-7-8-12(9-13(10)17)18-15(20)16(21)19-14-6-4-3-5-11(14)2/h7-9,11,14H,3-6H2,1-2H3,(H,18,20)(H,19,21)/t11-,14+/m1/s1. The fourth-order valence-corrected chi connectivity index (χ4v) is 2.80. The molecule has 114 valence electrons. The van der Waals surface area contributed by atoms with E-state index in [1.165, 1.54) is 6.42 Å². The van der Waals surface area contributed by atoms with Crippen LogP contribution in [0.15, 0.2) is 18.2 Å². The predicted octanol–water partition coefficient (Wildman–Crippen LogP) is 3.28. The zero-order valence-electron chi connectivity index (χ0n) is 12.4. The quantitative estimate of drug-likeness (QED) is 0.824. The molecule has 2 atom stereocenters. The van der Waals surface area contributed by atoms with E-state index in [-0.39, 0.29) is 6.04 Å². The Morgan fingerprint density at radius 2 is 1.90 bits per heavy atom. The molecule has 0 aliphatic heterocycles. The van der Waals surface area contributed by atoms with E-state index in [0.717, 1.165) is 24.8 Å². The van der Waals surface area contributed by atoms with Gasteiger partial charge in [-0.1, -0.05) is 37.4 Å². The van der Waals surface area contributed by atoms with Crippen molar-refractivity contribution < 1.29 is 9.59 Å². The van der Waals surface area contributed by atoms with Crippen LogP contribution in [0.25, 0.3) is 0 Å². The average Bonchev–Trinajstić information content (AvgIpc) is 2.45. The fourth-order valence-electron chi connectivity index (χ4n) is 2.62. The summed E-state index contributed by atoms with van der Waals surface area (Å²) in [7, 11) is 0. The van der Waals surface area contributed by atoms with Crippen LogP contribution in [-0.2, 0) is 9.59 Å². The van der Waals surface area contributed by atoms with Gasteiger partial charge in [0.25, 0.3) is 0 Å². The van der Waals surface area contributed by atoms with Crippen molar-refractivity contribution in [2.75, 3.05) is 5.32 Å². The summed E-state index contributed by atoms with van der Waals surface area (Å²) in [5, 5.41) is 5.97. The van der Waals surface area contributed by atoms with Crippen LogP contribution in [0.3, 0.4) is 0 Å². The summed E-state index contributed by atoms with van der Waals surface area (Å²) in [6, 6.07) is 5.28. The van der Waals surface area contributed by atoms with Gasteiger partial charge in [-0.3, -0.25) is 9.59 Å². The van der Waals surface area contributed by atoms with Crippen molar-refractivity contribution >= 4 is 29.1 Å². The first-order valence-electron chi connectivity index (χ1n) is 7.35. The van der Waals surface area contributed by atoms with Crippen LogP contribution in [0.2, 0.25) is 5.02 Å². The average molecular weight is 309 g/mol. The van der Waals surface area contributed by atoms with E-state index >= 15 is 0 Å². The molecule has 21 heavy (non-hydrogen) atoms. The van der Waals surface area contributed by atoms with Crippen LogP contribution in [0.1, 0.15) is 38.2 Å². The van der Waals surface area contributed by atoms with Gasteiger partial charge in [0, 0.05) is 16.8 Å². The number of anilines is 1. The molecule has 0 radical (unpaired) electrons. The van der Waals surface area contributed by atoms with Crippen molar-refractivity contribution in [1.29, 1.82) is 0 Å². The number of nitrogens with one attached hydrogen (secondary N) is 2. The van der Waals surface area contributed by atoms with Crippen molar-refractivity contribution in [3.8, 4) is 0 Å². The number of aryl methyl sites for hydroxylation is 1. The van der Waals surface area contributed by atoms with Crippen molar-refractivity contribution in [3.63, 3.8) is 0 Å². The van der Waals surface area contributed by atoms with Gasteiger partial charge in [0.05, 0.1) is 0 Å². The first kappa shape index (κ1) is 15.8. The third-order valence-electron chi connectivity index (χ3n) is 4.06. The van der Waals surface area contributed by atoms with Gasteiger partial charge in [-0.05, 0) is 43.4 Å². The topological polar surface area (TPSA) is 58.2 Å². The minimum absolute atomic E-state index is 0.0959. The molecule has 1 fully saturated rings. The number of carbonyl (C=O) groups is 2. The number of hydrogen-bond acceptors (Lipinski definition) is 2. The fraction of sp³-hybridized carbons (Fsp3) is 0.500. The first-order valence-corrected chi connectivity index (χ1v) is 7.73. The Bertz CT molecular complexity index is 545. The Labute approximate surface area is 130 Å². The van der Waals surface area contributed by atoms with Gasteiger partial charge in [0.1, 0.15) is 0 Å². The number of amides is 2. The molecular formula is C16H21ClN2O2. The second-order valence-corrected chi connectivity index (χ2v) is 6.17. The summed E-state index contributed by atoms with van der Waals surface area (Å²) in [6.45, 7) is 3.99. The first-order chi connectivity index (χ1) is 9.97. The molecule has 1 aromatic carbocycles. The Hall–Kier alpha value is -1.55. The third-order valence-corrected chi connectivity index (χ3v) is 4.47. The van der Waals surface area contributed by atoms with Crippen LogP contribution in [0.4, 0.5) is 5.69 Å². The van der Waals surface area contributed by atoms with E-state index in [1.807, 2.05) is 6.92 Å². The van der Waals surface area contributed by atoms with E-state index in [2.05, 4.69) is 17.6 Å². The number of hydrogen-bond donors (Lipinski definition) is 2. The van der Waals surface area contributed by atoms with Crippen molar-refractivity contribution in [1.82, 2.24) is 5.32 Å². The number of rotatable bonds is 2. The largest absolute Gasteiger partial charge is 0.345 e. The number of halogens is 1. The molecule has 0 aromatic heterocycles. The summed E-state index contributed by atoms with van der Waals surface area (Å²) in [6.07, 6.45) is 4.34. The monoisotopic (exact) mass is 308 g/mol. The highest BCUT2D eigenvalue weighted by atomic mass is 35.5. The van der Waals surface area contributed by atoms with Gasteiger partial charge in [-0.25, -0.2) is 0 Å². The summed E-state index contributed by atoms with van der Waals surface area (Å²) >= 11 is 6.00. The van der Waals surface area contributed by atoms with Crippen LogP contribution >= 0.6 is 11.6 Å². The molecule has 2 N–H and O–H groups in total. The molecule has 0 bridgehead atoms. The Balaban J connectivity index is 1.93. The SMILES string of the molecule is Cc1ccc(NC(=O)C(=O)N[C@H]2CCCC[C@H]2C)cc1Cl. The van der Waals surface area contributed by atoms with E-state index in [0.29, 0.717) is 16.6 Å². The molecule has 1 saturated carbocycles. The Morgan fingerprint density at radius 1 is 1.19 bits per heavy atom. The zero-order chi connectivity index (χ0) is 15.4. The maximum atomic E-state index is 12.0.